The summed E-state index contributed by atoms with van der Waals surface area (Å²) in [4.78, 5) is 22.3. The van der Waals surface area contributed by atoms with Crippen molar-refractivity contribution in [1.82, 2.24) is 10.2 Å². The lowest BCUT2D eigenvalue weighted by molar-refractivity contribution is -0.120. The summed E-state index contributed by atoms with van der Waals surface area (Å²) >= 11 is 0. The molecule has 2 fully saturated rings. The third kappa shape index (κ3) is 4.64. The van der Waals surface area contributed by atoms with E-state index in [0.717, 1.165) is 54.5 Å². The van der Waals surface area contributed by atoms with Crippen LogP contribution in [0.1, 0.15) is 18.9 Å². The number of rotatable bonds is 6. The van der Waals surface area contributed by atoms with Gasteiger partial charge in [0.15, 0.2) is 0 Å². The van der Waals surface area contributed by atoms with E-state index in [-0.39, 0.29) is 24.4 Å². The number of nitrogens with zero attached hydrogens (tertiary/aromatic N) is 3. The van der Waals surface area contributed by atoms with E-state index < -0.39 is 0 Å². The van der Waals surface area contributed by atoms with Crippen molar-refractivity contribution < 1.29 is 9.18 Å². The number of amides is 1. The summed E-state index contributed by atoms with van der Waals surface area (Å²) in [5, 5.41) is 3.04. The predicted molar refractivity (Wildman–Crippen MR) is 125 cm³/mol. The Bertz CT molecular complexity index is 941. The maximum Gasteiger partial charge on any atom is 0.233 e. The van der Waals surface area contributed by atoms with Crippen LogP contribution in [-0.2, 0) is 4.79 Å². The van der Waals surface area contributed by atoms with E-state index in [1.54, 1.807) is 0 Å². The Morgan fingerprint density at radius 2 is 2.00 bits per heavy atom. The second kappa shape index (κ2) is 9.60. The normalized spacial score (nSPS) is 24.1. The van der Waals surface area contributed by atoms with Gasteiger partial charge in [0.05, 0.1) is 11.6 Å². The van der Waals surface area contributed by atoms with E-state index in [9.17, 15) is 9.18 Å². The van der Waals surface area contributed by atoms with Crippen molar-refractivity contribution >= 4 is 23.0 Å². The molecule has 5 nitrogen and oxygen atoms in total. The SMILES string of the molecule is CCC(=Nc1cc(N2CCN(CCF)CC2)ccc1C)C1C(=O)NC2=CC=CC=CC21. The molecule has 0 aromatic heterocycles. The zero-order valence-corrected chi connectivity index (χ0v) is 18.4. The monoisotopic (exact) mass is 422 g/mol. The number of aliphatic imine (C=N–C) groups is 1. The molecule has 1 aromatic carbocycles. The smallest absolute Gasteiger partial charge is 0.233 e. The quantitative estimate of drug-likeness (QED) is 0.707. The average molecular weight is 423 g/mol. The van der Waals surface area contributed by atoms with Gasteiger partial charge in [0.25, 0.3) is 0 Å². The highest BCUT2D eigenvalue weighted by Crippen LogP contribution is 2.34. The zero-order chi connectivity index (χ0) is 21.8. The molecule has 2 atom stereocenters. The van der Waals surface area contributed by atoms with E-state index in [0.29, 0.717) is 13.0 Å². The van der Waals surface area contributed by atoms with Crippen molar-refractivity contribution in [1.29, 1.82) is 0 Å². The Morgan fingerprint density at radius 3 is 2.74 bits per heavy atom. The molecule has 164 valence electrons. The summed E-state index contributed by atoms with van der Waals surface area (Å²) in [6.07, 6.45) is 10.7. The molecular formula is C25H31FN4O. The van der Waals surface area contributed by atoms with Crippen LogP contribution in [0.4, 0.5) is 15.8 Å². The van der Waals surface area contributed by atoms with Crippen LogP contribution in [0.3, 0.4) is 0 Å². The van der Waals surface area contributed by atoms with Crippen molar-refractivity contribution in [2.24, 2.45) is 16.8 Å². The summed E-state index contributed by atoms with van der Waals surface area (Å²) in [6.45, 7) is 7.85. The maximum atomic E-state index is 12.8. The van der Waals surface area contributed by atoms with Crippen molar-refractivity contribution in [2.75, 3.05) is 44.3 Å². The van der Waals surface area contributed by atoms with Crippen LogP contribution >= 0.6 is 0 Å². The Kier molecular flexibility index (Phi) is 6.66. The number of piperazine rings is 1. The van der Waals surface area contributed by atoms with Gasteiger partial charge < -0.3 is 10.2 Å². The van der Waals surface area contributed by atoms with Gasteiger partial charge in [-0.25, -0.2) is 4.39 Å². The number of halogens is 1. The third-order valence-corrected chi connectivity index (χ3v) is 6.40. The van der Waals surface area contributed by atoms with Crippen LogP contribution in [0.25, 0.3) is 0 Å². The number of hydrogen-bond acceptors (Lipinski definition) is 4. The molecule has 4 rings (SSSR count). The summed E-state index contributed by atoms with van der Waals surface area (Å²) in [5.41, 5.74) is 5.00. The molecule has 2 aliphatic heterocycles. The zero-order valence-electron chi connectivity index (χ0n) is 18.4. The topological polar surface area (TPSA) is 47.9 Å². The highest BCUT2D eigenvalue weighted by molar-refractivity contribution is 6.08. The van der Waals surface area contributed by atoms with Gasteiger partial charge in [0.2, 0.25) is 5.91 Å². The molecule has 2 saturated heterocycles. The largest absolute Gasteiger partial charge is 0.369 e. The van der Waals surface area contributed by atoms with Gasteiger partial charge in [0.1, 0.15) is 6.67 Å². The first kappa shape index (κ1) is 21.5. The van der Waals surface area contributed by atoms with Crippen LogP contribution in [0.15, 0.2) is 59.3 Å². The molecule has 0 saturated carbocycles. The summed E-state index contributed by atoms with van der Waals surface area (Å²) in [7, 11) is 0. The number of allylic oxidation sites excluding steroid dienone is 5. The van der Waals surface area contributed by atoms with Gasteiger partial charge in [-0.3, -0.25) is 14.7 Å². The van der Waals surface area contributed by atoms with Crippen molar-refractivity contribution in [3.05, 3.63) is 59.8 Å². The third-order valence-electron chi connectivity index (χ3n) is 6.40. The van der Waals surface area contributed by atoms with Gasteiger partial charge in [-0.2, -0.15) is 0 Å². The van der Waals surface area contributed by atoms with E-state index >= 15 is 0 Å². The lowest BCUT2D eigenvalue weighted by Crippen LogP contribution is -2.47. The van der Waals surface area contributed by atoms with E-state index in [1.807, 2.05) is 24.3 Å². The van der Waals surface area contributed by atoms with Crippen LogP contribution in [0, 0.1) is 18.8 Å². The number of benzene rings is 1. The van der Waals surface area contributed by atoms with E-state index in [1.165, 1.54) is 0 Å². The Morgan fingerprint density at radius 1 is 1.19 bits per heavy atom. The molecule has 1 aromatic rings. The number of aryl methyl sites for hydroxylation is 1. The van der Waals surface area contributed by atoms with Crippen LogP contribution in [0.5, 0.6) is 0 Å². The lowest BCUT2D eigenvalue weighted by Gasteiger charge is -2.35. The second-order valence-electron chi connectivity index (χ2n) is 8.33. The van der Waals surface area contributed by atoms with Gasteiger partial charge in [-0.1, -0.05) is 37.3 Å². The summed E-state index contributed by atoms with van der Waals surface area (Å²) in [5.74, 6) is -0.248. The van der Waals surface area contributed by atoms with E-state index in [4.69, 9.17) is 4.99 Å². The fraction of sp³-hybridized carbons (Fsp3) is 0.440. The molecule has 1 aliphatic carbocycles. The molecule has 3 aliphatic rings. The fourth-order valence-electron chi connectivity index (χ4n) is 4.57. The molecule has 1 N–H and O–H groups in total. The molecular weight excluding hydrogens is 391 g/mol. The number of anilines is 1. The first-order chi connectivity index (χ1) is 15.1. The van der Waals surface area contributed by atoms with Crippen molar-refractivity contribution in [3.63, 3.8) is 0 Å². The molecule has 0 bridgehead atoms. The van der Waals surface area contributed by atoms with Crippen LogP contribution < -0.4 is 10.2 Å². The second-order valence-corrected chi connectivity index (χ2v) is 8.33. The lowest BCUT2D eigenvalue weighted by atomic mass is 9.87. The van der Waals surface area contributed by atoms with Crippen LogP contribution in [0.2, 0.25) is 0 Å². The fourth-order valence-corrected chi connectivity index (χ4v) is 4.57. The van der Waals surface area contributed by atoms with Crippen molar-refractivity contribution in [3.8, 4) is 0 Å². The highest BCUT2D eigenvalue weighted by atomic mass is 19.1. The average Bonchev–Trinajstić information content (AvgIpc) is 2.93. The predicted octanol–water partition coefficient (Wildman–Crippen LogP) is 3.94. The Labute approximate surface area is 184 Å². The van der Waals surface area contributed by atoms with Gasteiger partial charge in [-0.15, -0.1) is 0 Å². The maximum absolute atomic E-state index is 12.8. The number of nitrogens with one attached hydrogen (secondary N) is 1. The number of hydrogen-bond donors (Lipinski definition) is 1. The first-order valence-corrected chi connectivity index (χ1v) is 11.2. The Balaban J connectivity index is 1.58. The number of alkyl halides is 1. The van der Waals surface area contributed by atoms with Gasteiger partial charge >= 0.3 is 0 Å². The molecule has 1 amide bonds. The molecule has 0 radical (unpaired) electrons. The highest BCUT2D eigenvalue weighted by Gasteiger charge is 2.39. The summed E-state index contributed by atoms with van der Waals surface area (Å²) < 4.78 is 12.6. The van der Waals surface area contributed by atoms with Gasteiger partial charge in [-0.05, 0) is 37.1 Å². The number of fused-ring (bicyclic) bond motifs is 1. The molecule has 31 heavy (non-hydrogen) atoms. The molecule has 2 unspecified atom stereocenters. The Hall–Kier alpha value is -2.73. The minimum Gasteiger partial charge on any atom is -0.369 e. The molecule has 6 heteroatoms. The van der Waals surface area contributed by atoms with Crippen LogP contribution in [-0.4, -0.2) is 55.9 Å². The molecule has 2 heterocycles. The van der Waals surface area contributed by atoms with Gasteiger partial charge in [0, 0.05) is 55.7 Å². The minimum atomic E-state index is -0.291. The standard InChI is InChI=1S/C25H31FN4O/c1-3-21(24-20-7-5-4-6-8-22(20)28-25(24)31)27-23-17-19(10-9-18(23)2)30-15-13-29(12-11-26)14-16-30/h4-10,17,20,24H,3,11-16H2,1-2H3,(H,28,31). The molecule has 0 spiro atoms. The van der Waals surface area contributed by atoms with Crippen molar-refractivity contribution in [2.45, 2.75) is 20.3 Å². The summed E-state index contributed by atoms with van der Waals surface area (Å²) in [6, 6.07) is 6.36. The first-order valence-electron chi connectivity index (χ1n) is 11.2. The number of carbonyl (C=O) groups excluding carboxylic acids is 1. The number of carbonyl (C=O) groups is 1. The van der Waals surface area contributed by atoms with E-state index in [2.05, 4.69) is 53.2 Å². The minimum absolute atomic E-state index is 0.00766.